The molecule has 0 heterocycles. The number of hydrogen-bond acceptors (Lipinski definition) is 1. The Hall–Kier alpha value is -0.790. The minimum atomic E-state index is -0.834. The highest BCUT2D eigenvalue weighted by atomic mass is 16.4. The van der Waals surface area contributed by atoms with Crippen LogP contribution in [-0.2, 0) is 4.79 Å². The summed E-state index contributed by atoms with van der Waals surface area (Å²) >= 11 is 0. The van der Waals surface area contributed by atoms with Crippen molar-refractivity contribution in [1.82, 2.24) is 0 Å². The lowest BCUT2D eigenvalue weighted by Gasteiger charge is -2.02. The molecule has 0 atom stereocenters. The summed E-state index contributed by atoms with van der Waals surface area (Å²) in [7, 11) is 0. The van der Waals surface area contributed by atoms with Crippen LogP contribution >= 0.6 is 0 Å². The van der Waals surface area contributed by atoms with E-state index >= 15 is 0 Å². The van der Waals surface area contributed by atoms with Crippen LogP contribution in [0.25, 0.3) is 0 Å². The topological polar surface area (TPSA) is 37.3 Å². The number of carbonyl (C=O) groups is 1. The van der Waals surface area contributed by atoms with Gasteiger partial charge in [-0.2, -0.15) is 0 Å². The van der Waals surface area contributed by atoms with Crippen LogP contribution in [0.5, 0.6) is 0 Å². The lowest BCUT2D eigenvalue weighted by molar-refractivity contribution is -0.131. The van der Waals surface area contributed by atoms with Gasteiger partial charge in [0.1, 0.15) is 0 Å². The van der Waals surface area contributed by atoms with E-state index < -0.39 is 5.97 Å². The molecule has 0 rings (SSSR count). The molecule has 0 amide bonds. The zero-order valence-corrected chi connectivity index (χ0v) is 13.4. The fraction of sp³-hybridized carbons (Fsp3) is 0.842. The largest absolute Gasteiger partial charge is 0.478 e. The third-order valence-electron chi connectivity index (χ3n) is 3.73. The van der Waals surface area contributed by atoms with Crippen LogP contribution in [0.15, 0.2) is 12.2 Å². The van der Waals surface area contributed by atoms with Crippen molar-refractivity contribution >= 4 is 5.97 Å². The maximum atomic E-state index is 10.2. The first kappa shape index (κ1) is 22.5. The Balaban J connectivity index is 0. The quantitative estimate of drug-likeness (QED) is 0.268. The average molecular weight is 299 g/mol. The lowest BCUT2D eigenvalue weighted by Crippen LogP contribution is -1.86. The molecule has 0 unspecified atom stereocenters. The van der Waals surface area contributed by atoms with Crippen molar-refractivity contribution in [3.8, 4) is 0 Å². The molecule has 0 spiro atoms. The van der Waals surface area contributed by atoms with E-state index in [-0.39, 0.29) is 7.43 Å². The molecule has 0 aromatic heterocycles. The van der Waals surface area contributed by atoms with E-state index in [9.17, 15) is 4.79 Å². The highest BCUT2D eigenvalue weighted by molar-refractivity contribution is 5.79. The summed E-state index contributed by atoms with van der Waals surface area (Å²) in [5.74, 6) is -0.834. The molecule has 0 bridgehead atoms. The molecule has 1 N–H and O–H groups in total. The van der Waals surface area contributed by atoms with Gasteiger partial charge < -0.3 is 5.11 Å². The van der Waals surface area contributed by atoms with Crippen LogP contribution in [0.4, 0.5) is 0 Å². The number of carboxylic acids is 1. The molecule has 0 aromatic carbocycles. The highest BCUT2D eigenvalue weighted by Gasteiger charge is 1.93. The summed E-state index contributed by atoms with van der Waals surface area (Å²) in [6.45, 7) is 2.27. The van der Waals surface area contributed by atoms with Crippen LogP contribution in [0.2, 0.25) is 0 Å². The second-order valence-corrected chi connectivity index (χ2v) is 5.77. The van der Waals surface area contributed by atoms with Gasteiger partial charge in [-0.25, -0.2) is 4.79 Å². The van der Waals surface area contributed by atoms with Crippen LogP contribution in [0.1, 0.15) is 104 Å². The molecule has 126 valence electrons. The van der Waals surface area contributed by atoms with Crippen molar-refractivity contribution in [2.24, 2.45) is 0 Å². The molecule has 0 aliphatic carbocycles. The Morgan fingerprint density at radius 2 is 1.14 bits per heavy atom. The van der Waals surface area contributed by atoms with Crippen molar-refractivity contribution in [3.05, 3.63) is 12.2 Å². The van der Waals surface area contributed by atoms with E-state index in [1.807, 2.05) is 0 Å². The molecule has 0 aliphatic heterocycles. The van der Waals surface area contributed by atoms with Gasteiger partial charge in [-0.1, -0.05) is 97.5 Å². The number of aliphatic carboxylic acids is 1. The van der Waals surface area contributed by atoms with Gasteiger partial charge in [0.25, 0.3) is 0 Å². The second kappa shape index (κ2) is 19.2. The van der Waals surface area contributed by atoms with Crippen molar-refractivity contribution in [2.45, 2.75) is 104 Å². The zero-order chi connectivity index (χ0) is 14.9. The second-order valence-electron chi connectivity index (χ2n) is 5.77. The third kappa shape index (κ3) is 21.7. The lowest BCUT2D eigenvalue weighted by atomic mass is 10.0. The van der Waals surface area contributed by atoms with Crippen molar-refractivity contribution in [2.75, 3.05) is 0 Å². The maximum Gasteiger partial charge on any atom is 0.327 e. The molecule has 21 heavy (non-hydrogen) atoms. The first-order valence-corrected chi connectivity index (χ1v) is 8.67. The standard InChI is InChI=1S/C18H34O2.CH4/c1-2-3-4-5-6-7-8-9-10-11-12-13-14-15-16-17-18(19)20;/h16-17H,2-15H2,1H3,(H,19,20);1H4. The van der Waals surface area contributed by atoms with Gasteiger partial charge >= 0.3 is 5.97 Å². The molecule has 0 aromatic rings. The molecule has 0 saturated heterocycles. The van der Waals surface area contributed by atoms with Gasteiger partial charge in [-0.05, 0) is 12.8 Å². The van der Waals surface area contributed by atoms with Crippen LogP contribution in [0, 0.1) is 0 Å². The summed E-state index contributed by atoms with van der Waals surface area (Å²) in [6.07, 6.45) is 21.6. The van der Waals surface area contributed by atoms with Gasteiger partial charge in [0.15, 0.2) is 0 Å². The molecular weight excluding hydrogens is 260 g/mol. The van der Waals surface area contributed by atoms with E-state index in [4.69, 9.17) is 5.11 Å². The molecule has 0 radical (unpaired) electrons. The number of allylic oxidation sites excluding steroid dienone is 1. The molecule has 0 aliphatic rings. The predicted molar refractivity (Wildman–Crippen MR) is 93.8 cm³/mol. The molecular formula is C19H38O2. The molecule has 2 heteroatoms. The Morgan fingerprint density at radius 1 is 0.762 bits per heavy atom. The van der Waals surface area contributed by atoms with E-state index in [0.717, 1.165) is 12.8 Å². The SMILES string of the molecule is C.CCCCCCCCCCCCCCCC=CC(=O)O. The monoisotopic (exact) mass is 298 g/mol. The number of hydrogen-bond donors (Lipinski definition) is 1. The molecule has 0 fully saturated rings. The van der Waals surface area contributed by atoms with Gasteiger partial charge in [0.2, 0.25) is 0 Å². The summed E-state index contributed by atoms with van der Waals surface area (Å²) in [4.78, 5) is 10.2. The van der Waals surface area contributed by atoms with E-state index in [0.29, 0.717) is 0 Å². The highest BCUT2D eigenvalue weighted by Crippen LogP contribution is 2.12. The molecule has 0 saturated carbocycles. The smallest absolute Gasteiger partial charge is 0.327 e. The average Bonchev–Trinajstić information content (AvgIpc) is 2.43. The fourth-order valence-electron chi connectivity index (χ4n) is 2.46. The number of carboxylic acid groups (broad SMARTS) is 1. The predicted octanol–water partition coefficient (Wildman–Crippen LogP) is 6.74. The summed E-state index contributed by atoms with van der Waals surface area (Å²) < 4.78 is 0. The van der Waals surface area contributed by atoms with E-state index in [1.54, 1.807) is 6.08 Å². The van der Waals surface area contributed by atoms with Crippen molar-refractivity contribution in [3.63, 3.8) is 0 Å². The van der Waals surface area contributed by atoms with E-state index in [1.165, 1.54) is 83.1 Å². The van der Waals surface area contributed by atoms with E-state index in [2.05, 4.69) is 6.92 Å². The zero-order valence-electron chi connectivity index (χ0n) is 13.4. The van der Waals surface area contributed by atoms with Crippen molar-refractivity contribution < 1.29 is 9.90 Å². The molecule has 2 nitrogen and oxygen atoms in total. The minimum Gasteiger partial charge on any atom is -0.478 e. The summed E-state index contributed by atoms with van der Waals surface area (Å²) in [5.41, 5.74) is 0. The van der Waals surface area contributed by atoms with Crippen LogP contribution in [-0.4, -0.2) is 11.1 Å². The van der Waals surface area contributed by atoms with Gasteiger partial charge in [-0.15, -0.1) is 0 Å². The van der Waals surface area contributed by atoms with Crippen LogP contribution < -0.4 is 0 Å². The Kier molecular flexibility index (Phi) is 20.6. The van der Waals surface area contributed by atoms with Crippen LogP contribution in [0.3, 0.4) is 0 Å². The first-order chi connectivity index (χ1) is 9.77. The fourth-order valence-corrected chi connectivity index (χ4v) is 2.46. The maximum absolute atomic E-state index is 10.2. The number of rotatable bonds is 15. The Labute approximate surface area is 133 Å². The Morgan fingerprint density at radius 3 is 1.52 bits per heavy atom. The minimum absolute atomic E-state index is 0. The normalized spacial score (nSPS) is 10.7. The summed E-state index contributed by atoms with van der Waals surface area (Å²) in [6, 6.07) is 0. The van der Waals surface area contributed by atoms with Gasteiger partial charge in [0, 0.05) is 6.08 Å². The summed E-state index contributed by atoms with van der Waals surface area (Å²) in [5, 5.41) is 8.43. The Bertz CT molecular complexity index is 234. The number of unbranched alkanes of at least 4 members (excludes halogenated alkanes) is 13. The van der Waals surface area contributed by atoms with Gasteiger partial charge in [-0.3, -0.25) is 0 Å². The third-order valence-corrected chi connectivity index (χ3v) is 3.73. The van der Waals surface area contributed by atoms with Gasteiger partial charge in [0.05, 0.1) is 0 Å². The van der Waals surface area contributed by atoms with Crippen molar-refractivity contribution in [1.29, 1.82) is 0 Å². The first-order valence-electron chi connectivity index (χ1n) is 8.67.